The average Bonchev–Trinajstić information content (AvgIpc) is 2.43. The summed E-state index contributed by atoms with van der Waals surface area (Å²) in [5.74, 6) is 0. The molecule has 112 valence electrons. The molecule has 0 aromatic heterocycles. The Kier molecular flexibility index (Phi) is 18.4. The molecule has 0 amide bonds. The highest BCUT2D eigenvalue weighted by Gasteiger charge is 1.89. The molecule has 0 nitrogen and oxygen atoms in total. The summed E-state index contributed by atoms with van der Waals surface area (Å²) in [4.78, 5) is 0. The molecule has 0 unspecified atom stereocenters. The number of rotatable bonds is 14. The zero-order chi connectivity index (χ0) is 14.0. The molecule has 0 aliphatic rings. The van der Waals surface area contributed by atoms with Crippen molar-refractivity contribution in [3.63, 3.8) is 0 Å². The highest BCUT2D eigenvalue weighted by molar-refractivity contribution is 14.1. The van der Waals surface area contributed by atoms with Gasteiger partial charge in [0, 0.05) is 0 Å². The molecule has 0 aliphatic heterocycles. The van der Waals surface area contributed by atoms with Gasteiger partial charge in [-0.1, -0.05) is 92.3 Å². The van der Waals surface area contributed by atoms with E-state index in [0.29, 0.717) is 0 Å². The van der Waals surface area contributed by atoms with Gasteiger partial charge >= 0.3 is 0 Å². The molecule has 0 aromatic rings. The van der Waals surface area contributed by atoms with Crippen LogP contribution in [0.2, 0.25) is 0 Å². The molecule has 0 aromatic carbocycles. The Morgan fingerprint density at radius 1 is 0.632 bits per heavy atom. The molecule has 1 heteroatoms. The third-order valence-corrected chi connectivity index (χ3v) is 4.10. The van der Waals surface area contributed by atoms with Crippen LogP contribution in [-0.4, -0.2) is 4.43 Å². The SMILES string of the molecule is CCCCC/C=C\C/C=C\CCCCCCCCI. The number of hydrogen-bond donors (Lipinski definition) is 0. The van der Waals surface area contributed by atoms with Crippen LogP contribution in [0.1, 0.15) is 84.0 Å². The molecule has 19 heavy (non-hydrogen) atoms. The summed E-state index contributed by atoms with van der Waals surface area (Å²) in [6, 6.07) is 0. The first-order valence-corrected chi connectivity index (χ1v) is 9.80. The van der Waals surface area contributed by atoms with Crippen LogP contribution in [0.3, 0.4) is 0 Å². The van der Waals surface area contributed by atoms with Crippen LogP contribution < -0.4 is 0 Å². The summed E-state index contributed by atoms with van der Waals surface area (Å²) >= 11 is 2.47. The van der Waals surface area contributed by atoms with Gasteiger partial charge in [0.25, 0.3) is 0 Å². The maximum absolute atomic E-state index is 2.47. The standard InChI is InChI=1S/C18H33I/c1-2-3-4-5-6-7-8-9-10-11-12-13-14-15-16-17-18-19/h6-7,9-10H,2-5,8,11-18H2,1H3/b7-6-,10-9-. The maximum Gasteiger partial charge on any atom is -0.000473 e. The summed E-state index contributed by atoms with van der Waals surface area (Å²) < 4.78 is 1.33. The van der Waals surface area contributed by atoms with Gasteiger partial charge < -0.3 is 0 Å². The van der Waals surface area contributed by atoms with Gasteiger partial charge in [-0.25, -0.2) is 0 Å². The summed E-state index contributed by atoms with van der Waals surface area (Å²) in [5, 5.41) is 0. The molecule has 0 rings (SSSR count). The summed E-state index contributed by atoms with van der Waals surface area (Å²) in [6.07, 6.45) is 25.6. The van der Waals surface area contributed by atoms with Gasteiger partial charge in [-0.2, -0.15) is 0 Å². The van der Waals surface area contributed by atoms with Gasteiger partial charge in [0.2, 0.25) is 0 Å². The predicted molar refractivity (Wildman–Crippen MR) is 98.2 cm³/mol. The molecule has 0 radical (unpaired) electrons. The largest absolute Gasteiger partial charge is 0.0882 e. The van der Waals surface area contributed by atoms with Gasteiger partial charge in [0.1, 0.15) is 0 Å². The van der Waals surface area contributed by atoms with Gasteiger partial charge in [0.05, 0.1) is 0 Å². The van der Waals surface area contributed by atoms with Crippen LogP contribution >= 0.6 is 22.6 Å². The highest BCUT2D eigenvalue weighted by Crippen LogP contribution is 2.08. The molecular weight excluding hydrogens is 343 g/mol. The zero-order valence-corrected chi connectivity index (χ0v) is 15.0. The molecule has 0 spiro atoms. The summed E-state index contributed by atoms with van der Waals surface area (Å²) in [6.45, 7) is 2.26. The fraction of sp³-hybridized carbons (Fsp3) is 0.778. The van der Waals surface area contributed by atoms with Crippen molar-refractivity contribution >= 4 is 22.6 Å². The Bertz CT molecular complexity index is 206. The Hall–Kier alpha value is 0.210. The van der Waals surface area contributed by atoms with E-state index in [-0.39, 0.29) is 0 Å². The maximum atomic E-state index is 2.47. The van der Waals surface area contributed by atoms with Crippen molar-refractivity contribution in [1.29, 1.82) is 0 Å². The van der Waals surface area contributed by atoms with Crippen molar-refractivity contribution in [2.24, 2.45) is 0 Å². The van der Waals surface area contributed by atoms with E-state index in [2.05, 4.69) is 53.8 Å². The molecule has 0 heterocycles. The van der Waals surface area contributed by atoms with Crippen molar-refractivity contribution in [2.75, 3.05) is 4.43 Å². The van der Waals surface area contributed by atoms with Crippen LogP contribution in [-0.2, 0) is 0 Å². The lowest BCUT2D eigenvalue weighted by molar-refractivity contribution is 0.614. The van der Waals surface area contributed by atoms with Crippen molar-refractivity contribution in [1.82, 2.24) is 0 Å². The first-order chi connectivity index (χ1) is 9.41. The van der Waals surface area contributed by atoms with Gasteiger partial charge in [0.15, 0.2) is 0 Å². The third kappa shape index (κ3) is 18.2. The highest BCUT2D eigenvalue weighted by atomic mass is 127. The van der Waals surface area contributed by atoms with Crippen LogP contribution in [0.15, 0.2) is 24.3 Å². The third-order valence-electron chi connectivity index (χ3n) is 3.33. The second-order valence-electron chi connectivity index (χ2n) is 5.27. The number of hydrogen-bond acceptors (Lipinski definition) is 0. The molecule has 0 aliphatic carbocycles. The first-order valence-electron chi connectivity index (χ1n) is 8.27. The van der Waals surface area contributed by atoms with E-state index in [4.69, 9.17) is 0 Å². The fourth-order valence-corrected chi connectivity index (χ4v) is 2.62. The quantitative estimate of drug-likeness (QED) is 0.130. The second kappa shape index (κ2) is 18.2. The predicted octanol–water partition coefficient (Wildman–Crippen LogP) is 7.23. The molecular formula is C18H33I. The lowest BCUT2D eigenvalue weighted by atomic mass is 10.1. The second-order valence-corrected chi connectivity index (χ2v) is 6.35. The molecule has 0 atom stereocenters. The van der Waals surface area contributed by atoms with Crippen molar-refractivity contribution < 1.29 is 0 Å². The van der Waals surface area contributed by atoms with E-state index in [0.717, 1.165) is 6.42 Å². The molecule has 0 fully saturated rings. The lowest BCUT2D eigenvalue weighted by Gasteiger charge is -1.98. The lowest BCUT2D eigenvalue weighted by Crippen LogP contribution is -1.80. The van der Waals surface area contributed by atoms with E-state index < -0.39 is 0 Å². The smallest absolute Gasteiger partial charge is 0.000473 e. The van der Waals surface area contributed by atoms with Gasteiger partial charge in [-0.15, -0.1) is 0 Å². The van der Waals surface area contributed by atoms with Gasteiger partial charge in [-0.3, -0.25) is 0 Å². The van der Waals surface area contributed by atoms with Gasteiger partial charge in [-0.05, 0) is 43.0 Å². The van der Waals surface area contributed by atoms with Crippen molar-refractivity contribution in [3.05, 3.63) is 24.3 Å². The Morgan fingerprint density at radius 3 is 1.74 bits per heavy atom. The number of halogens is 1. The average molecular weight is 376 g/mol. The van der Waals surface area contributed by atoms with Crippen LogP contribution in [0.25, 0.3) is 0 Å². The van der Waals surface area contributed by atoms with E-state index in [1.807, 2.05) is 0 Å². The van der Waals surface area contributed by atoms with Crippen molar-refractivity contribution in [3.8, 4) is 0 Å². The van der Waals surface area contributed by atoms with E-state index in [1.54, 1.807) is 0 Å². The van der Waals surface area contributed by atoms with Crippen molar-refractivity contribution in [2.45, 2.75) is 84.0 Å². The molecule has 0 saturated carbocycles. The topological polar surface area (TPSA) is 0 Å². The summed E-state index contributed by atoms with van der Waals surface area (Å²) in [5.41, 5.74) is 0. The van der Waals surface area contributed by atoms with Crippen LogP contribution in [0, 0.1) is 0 Å². The monoisotopic (exact) mass is 376 g/mol. The fourth-order valence-electron chi connectivity index (χ4n) is 2.08. The Balaban J connectivity index is 3.12. The van der Waals surface area contributed by atoms with E-state index in [9.17, 15) is 0 Å². The molecule has 0 bridgehead atoms. The molecule has 0 N–H and O–H groups in total. The minimum absolute atomic E-state index is 1.13. The number of unbranched alkanes of at least 4 members (excludes halogenated alkanes) is 9. The molecule has 0 saturated heterocycles. The van der Waals surface area contributed by atoms with E-state index >= 15 is 0 Å². The summed E-state index contributed by atoms with van der Waals surface area (Å²) in [7, 11) is 0. The minimum atomic E-state index is 1.13. The first kappa shape index (κ1) is 19.2. The Labute approximate surface area is 135 Å². The Morgan fingerprint density at radius 2 is 1.16 bits per heavy atom. The number of allylic oxidation sites excluding steroid dienone is 4. The zero-order valence-electron chi connectivity index (χ0n) is 12.9. The van der Waals surface area contributed by atoms with Crippen LogP contribution in [0.5, 0.6) is 0 Å². The minimum Gasteiger partial charge on any atom is -0.0882 e. The van der Waals surface area contributed by atoms with E-state index in [1.165, 1.54) is 75.1 Å². The normalized spacial score (nSPS) is 11.9. The van der Waals surface area contributed by atoms with Crippen LogP contribution in [0.4, 0.5) is 0 Å². The number of alkyl halides is 1.